The third-order valence-electron chi connectivity index (χ3n) is 8.28. The lowest BCUT2D eigenvalue weighted by Gasteiger charge is -2.57. The molecule has 0 aromatic heterocycles. The summed E-state index contributed by atoms with van der Waals surface area (Å²) in [6, 6.07) is 0. The number of allylic oxidation sites excluding steroid dienone is 3. The van der Waals surface area contributed by atoms with Gasteiger partial charge in [0.25, 0.3) is 0 Å². The minimum atomic E-state index is -0.130. The summed E-state index contributed by atoms with van der Waals surface area (Å²) in [6.07, 6.45) is 11.0. The van der Waals surface area contributed by atoms with Crippen LogP contribution in [-0.4, -0.2) is 11.2 Å². The van der Waals surface area contributed by atoms with Gasteiger partial charge in [-0.2, -0.15) is 0 Å². The van der Waals surface area contributed by atoms with Gasteiger partial charge in [0, 0.05) is 0 Å². The predicted octanol–water partition coefficient (Wildman–Crippen LogP) is 5.55. The normalized spacial score (nSPS) is 51.4. The van der Waals surface area contributed by atoms with Crippen molar-refractivity contribution in [1.82, 2.24) is 0 Å². The molecule has 0 heterocycles. The molecule has 4 aliphatic carbocycles. The van der Waals surface area contributed by atoms with E-state index in [0.29, 0.717) is 11.3 Å². The van der Waals surface area contributed by atoms with Crippen molar-refractivity contribution in [2.24, 2.45) is 28.6 Å². The summed E-state index contributed by atoms with van der Waals surface area (Å²) in [5.41, 5.74) is 3.05. The molecule has 3 unspecified atom stereocenters. The highest BCUT2D eigenvalue weighted by Gasteiger charge is 2.57. The molecule has 0 amide bonds. The second kappa shape index (κ2) is 5.18. The van der Waals surface area contributed by atoms with Crippen LogP contribution in [0.1, 0.15) is 72.1 Å². The van der Waals surface area contributed by atoms with Crippen LogP contribution in [0.3, 0.4) is 0 Å². The van der Waals surface area contributed by atoms with Gasteiger partial charge in [-0.1, -0.05) is 25.5 Å². The largest absolute Gasteiger partial charge is 0.393 e. The van der Waals surface area contributed by atoms with E-state index in [-0.39, 0.29) is 17.3 Å². The van der Waals surface area contributed by atoms with E-state index >= 15 is 0 Å². The van der Waals surface area contributed by atoms with Crippen LogP contribution in [0, 0.1) is 28.6 Å². The molecule has 0 bridgehead atoms. The summed E-state index contributed by atoms with van der Waals surface area (Å²) < 4.78 is 14.1. The zero-order valence-corrected chi connectivity index (χ0v) is 14.9. The first-order valence-electron chi connectivity index (χ1n) is 9.59. The topological polar surface area (TPSA) is 20.2 Å². The van der Waals surface area contributed by atoms with Gasteiger partial charge in [-0.05, 0) is 92.4 Å². The molecule has 6 atom stereocenters. The Morgan fingerprint density at radius 2 is 1.83 bits per heavy atom. The van der Waals surface area contributed by atoms with Gasteiger partial charge in [-0.3, -0.25) is 0 Å². The molecule has 0 radical (unpaired) electrons. The van der Waals surface area contributed by atoms with Crippen LogP contribution in [0.15, 0.2) is 23.0 Å². The fourth-order valence-corrected chi connectivity index (χ4v) is 7.02. The number of halogens is 1. The molecule has 4 aliphatic rings. The van der Waals surface area contributed by atoms with Gasteiger partial charge in [0.05, 0.1) is 11.9 Å². The van der Waals surface area contributed by atoms with Crippen molar-refractivity contribution in [1.29, 1.82) is 0 Å². The summed E-state index contributed by atoms with van der Waals surface area (Å²) in [6.45, 7) is 6.46. The van der Waals surface area contributed by atoms with Crippen molar-refractivity contribution in [3.8, 4) is 0 Å². The maximum atomic E-state index is 14.1. The Morgan fingerprint density at radius 3 is 2.57 bits per heavy atom. The lowest BCUT2D eigenvalue weighted by atomic mass is 9.48. The number of aliphatic hydroxyl groups excluding tert-OH is 1. The Morgan fingerprint density at radius 1 is 1.13 bits per heavy atom. The fraction of sp³-hybridized carbons (Fsp3) is 0.810. The van der Waals surface area contributed by atoms with Crippen molar-refractivity contribution in [2.75, 3.05) is 0 Å². The number of fused-ring (bicyclic) bond motifs is 5. The maximum Gasteiger partial charge on any atom is 0.0966 e. The fourth-order valence-electron chi connectivity index (χ4n) is 7.02. The van der Waals surface area contributed by atoms with E-state index in [4.69, 9.17) is 0 Å². The van der Waals surface area contributed by atoms with Crippen LogP contribution < -0.4 is 0 Å². The smallest absolute Gasteiger partial charge is 0.0966 e. The van der Waals surface area contributed by atoms with Gasteiger partial charge in [-0.25, -0.2) is 4.39 Å². The van der Waals surface area contributed by atoms with Crippen LogP contribution >= 0.6 is 0 Å². The van der Waals surface area contributed by atoms with Gasteiger partial charge in [0.2, 0.25) is 0 Å². The minimum absolute atomic E-state index is 0.0903. The molecular weight excluding hydrogens is 287 g/mol. The first-order valence-corrected chi connectivity index (χ1v) is 9.59. The summed E-state index contributed by atoms with van der Waals surface area (Å²) >= 11 is 0. The molecule has 4 rings (SSSR count). The predicted molar refractivity (Wildman–Crippen MR) is 91.5 cm³/mol. The maximum absolute atomic E-state index is 14.1. The van der Waals surface area contributed by atoms with Gasteiger partial charge < -0.3 is 5.11 Å². The van der Waals surface area contributed by atoms with E-state index < -0.39 is 0 Å². The Balaban J connectivity index is 1.69. The van der Waals surface area contributed by atoms with Crippen molar-refractivity contribution in [3.05, 3.63) is 23.0 Å². The molecule has 3 fully saturated rings. The third kappa shape index (κ3) is 2.13. The van der Waals surface area contributed by atoms with Crippen molar-refractivity contribution >= 4 is 0 Å². The molecule has 128 valence electrons. The molecule has 1 nitrogen and oxygen atoms in total. The zero-order valence-electron chi connectivity index (χ0n) is 14.9. The van der Waals surface area contributed by atoms with Crippen LogP contribution in [0.2, 0.25) is 0 Å². The standard InChI is InChI=1S/C21H31FO/c1-13(22)17-6-7-18-16-5-4-14-12-15(23)8-10-20(14,2)19(16)9-11-21(17,18)3/h4,15-16,18-19,23H,5-12H2,1-3H3/b17-13-/t15-,16?,18?,19?,20-,21+/m0/s1. The summed E-state index contributed by atoms with van der Waals surface area (Å²) in [5.74, 6) is 2.21. The van der Waals surface area contributed by atoms with E-state index in [0.717, 1.165) is 55.9 Å². The van der Waals surface area contributed by atoms with E-state index in [9.17, 15) is 9.50 Å². The molecule has 0 aromatic rings. The molecule has 0 aliphatic heterocycles. The van der Waals surface area contributed by atoms with Crippen molar-refractivity contribution in [3.63, 3.8) is 0 Å². The molecule has 1 N–H and O–H groups in total. The second-order valence-corrected chi connectivity index (χ2v) is 9.16. The van der Waals surface area contributed by atoms with Crippen molar-refractivity contribution < 1.29 is 9.50 Å². The van der Waals surface area contributed by atoms with Crippen LogP contribution in [0.5, 0.6) is 0 Å². The monoisotopic (exact) mass is 318 g/mol. The van der Waals surface area contributed by atoms with Crippen molar-refractivity contribution in [2.45, 2.75) is 78.2 Å². The van der Waals surface area contributed by atoms with Crippen LogP contribution in [0.4, 0.5) is 4.39 Å². The van der Waals surface area contributed by atoms with E-state index in [1.807, 2.05) is 0 Å². The van der Waals surface area contributed by atoms with Crippen LogP contribution in [0.25, 0.3) is 0 Å². The van der Waals surface area contributed by atoms with E-state index in [1.54, 1.807) is 6.92 Å². The molecular formula is C21H31FO. The Labute approximate surface area is 140 Å². The quantitative estimate of drug-likeness (QED) is 0.580. The SMILES string of the molecule is C/C(F)=C1\CCC2C3CC=C4C[C@@H](O)CC[C@]4(C)C3CC[C@]12C. The third-order valence-corrected chi connectivity index (χ3v) is 8.28. The number of rotatable bonds is 0. The first-order chi connectivity index (χ1) is 10.9. The molecule has 0 saturated heterocycles. The highest BCUT2D eigenvalue weighted by molar-refractivity contribution is 5.30. The average Bonchev–Trinajstić information content (AvgIpc) is 2.85. The Kier molecular flexibility index (Phi) is 3.58. The Hall–Kier alpha value is -0.630. The van der Waals surface area contributed by atoms with Gasteiger partial charge >= 0.3 is 0 Å². The van der Waals surface area contributed by atoms with Crippen LogP contribution in [-0.2, 0) is 0 Å². The van der Waals surface area contributed by atoms with Gasteiger partial charge in [-0.15, -0.1) is 0 Å². The number of hydrogen-bond donors (Lipinski definition) is 1. The van der Waals surface area contributed by atoms with E-state index in [2.05, 4.69) is 19.9 Å². The number of hydrogen-bond acceptors (Lipinski definition) is 1. The minimum Gasteiger partial charge on any atom is -0.393 e. The zero-order chi connectivity index (χ0) is 16.4. The van der Waals surface area contributed by atoms with Gasteiger partial charge in [0.1, 0.15) is 0 Å². The second-order valence-electron chi connectivity index (χ2n) is 9.16. The lowest BCUT2D eigenvalue weighted by Crippen LogP contribution is -2.49. The highest BCUT2D eigenvalue weighted by atomic mass is 19.1. The van der Waals surface area contributed by atoms with Gasteiger partial charge in [0.15, 0.2) is 0 Å². The highest BCUT2D eigenvalue weighted by Crippen LogP contribution is 2.66. The first kappa shape index (κ1) is 15.9. The molecule has 2 heteroatoms. The summed E-state index contributed by atoms with van der Waals surface area (Å²) in [4.78, 5) is 0. The lowest BCUT2D eigenvalue weighted by molar-refractivity contribution is -0.0272. The Bertz CT molecular complexity index is 572. The summed E-state index contributed by atoms with van der Waals surface area (Å²) in [5, 5.41) is 10.1. The molecule has 23 heavy (non-hydrogen) atoms. The molecule has 3 saturated carbocycles. The average molecular weight is 318 g/mol. The van der Waals surface area contributed by atoms with E-state index in [1.165, 1.54) is 18.4 Å². The summed E-state index contributed by atoms with van der Waals surface area (Å²) in [7, 11) is 0. The molecule has 0 spiro atoms. The number of aliphatic hydroxyl groups is 1. The molecule has 0 aromatic carbocycles.